The Morgan fingerprint density at radius 2 is 2.06 bits per heavy atom. The van der Waals surface area contributed by atoms with Crippen molar-refractivity contribution in [2.75, 3.05) is 19.7 Å². The highest BCUT2D eigenvalue weighted by Gasteiger charge is 2.29. The summed E-state index contributed by atoms with van der Waals surface area (Å²) in [6, 6.07) is 8.27. The molecule has 1 aromatic carbocycles. The van der Waals surface area contributed by atoms with E-state index in [-0.39, 0.29) is 12.6 Å². The molecule has 0 bridgehead atoms. The van der Waals surface area contributed by atoms with Crippen LogP contribution in [0.15, 0.2) is 24.3 Å². The monoisotopic (exact) mass is 235 g/mol. The Morgan fingerprint density at radius 1 is 1.35 bits per heavy atom. The van der Waals surface area contributed by atoms with E-state index >= 15 is 0 Å². The first-order chi connectivity index (χ1) is 8.01. The SMILES string of the molecule is CC(C)(O)CN1CCc2ccccc2C1CO. The predicted molar refractivity (Wildman–Crippen MR) is 67.8 cm³/mol. The molecule has 1 heterocycles. The van der Waals surface area contributed by atoms with Crippen molar-refractivity contribution in [3.05, 3.63) is 35.4 Å². The average Bonchev–Trinajstić information content (AvgIpc) is 2.27. The van der Waals surface area contributed by atoms with Gasteiger partial charge in [0.1, 0.15) is 0 Å². The number of aliphatic hydroxyl groups excluding tert-OH is 1. The first-order valence-corrected chi connectivity index (χ1v) is 6.16. The van der Waals surface area contributed by atoms with Gasteiger partial charge in [0.2, 0.25) is 0 Å². The van der Waals surface area contributed by atoms with Gasteiger partial charge in [0.15, 0.2) is 0 Å². The van der Waals surface area contributed by atoms with Gasteiger partial charge in [-0.15, -0.1) is 0 Å². The third kappa shape index (κ3) is 2.86. The van der Waals surface area contributed by atoms with Crippen LogP contribution in [0.1, 0.15) is 31.0 Å². The molecule has 17 heavy (non-hydrogen) atoms. The molecule has 1 aliphatic heterocycles. The fourth-order valence-corrected chi connectivity index (χ4v) is 2.60. The Morgan fingerprint density at radius 3 is 2.71 bits per heavy atom. The summed E-state index contributed by atoms with van der Waals surface area (Å²) in [5.74, 6) is 0. The van der Waals surface area contributed by atoms with Crippen LogP contribution >= 0.6 is 0 Å². The van der Waals surface area contributed by atoms with Crippen LogP contribution in [0.4, 0.5) is 0 Å². The first kappa shape index (κ1) is 12.6. The van der Waals surface area contributed by atoms with E-state index in [1.54, 1.807) is 0 Å². The van der Waals surface area contributed by atoms with Crippen molar-refractivity contribution in [1.29, 1.82) is 0 Å². The van der Waals surface area contributed by atoms with Crippen LogP contribution < -0.4 is 0 Å². The molecule has 0 amide bonds. The van der Waals surface area contributed by atoms with Gasteiger partial charge in [0, 0.05) is 13.1 Å². The van der Waals surface area contributed by atoms with Crippen molar-refractivity contribution in [2.24, 2.45) is 0 Å². The van der Waals surface area contributed by atoms with E-state index in [9.17, 15) is 10.2 Å². The Hall–Kier alpha value is -0.900. The van der Waals surface area contributed by atoms with Crippen molar-refractivity contribution >= 4 is 0 Å². The summed E-state index contributed by atoms with van der Waals surface area (Å²) in [6.07, 6.45) is 0.989. The fourth-order valence-electron chi connectivity index (χ4n) is 2.60. The summed E-state index contributed by atoms with van der Waals surface area (Å²) in [5.41, 5.74) is 1.80. The van der Waals surface area contributed by atoms with Crippen LogP contribution in [0.3, 0.4) is 0 Å². The van der Waals surface area contributed by atoms with Gasteiger partial charge in [0.05, 0.1) is 18.2 Å². The van der Waals surface area contributed by atoms with Gasteiger partial charge in [-0.05, 0) is 31.4 Å². The molecular formula is C14H21NO2. The predicted octanol–water partition coefficient (Wildman–Crippen LogP) is 1.35. The van der Waals surface area contributed by atoms with Gasteiger partial charge in [-0.25, -0.2) is 0 Å². The van der Waals surface area contributed by atoms with Crippen molar-refractivity contribution in [1.82, 2.24) is 4.90 Å². The second kappa shape index (κ2) is 4.77. The fraction of sp³-hybridized carbons (Fsp3) is 0.571. The molecule has 2 rings (SSSR count). The van der Waals surface area contributed by atoms with E-state index < -0.39 is 5.60 Å². The lowest BCUT2D eigenvalue weighted by molar-refractivity contribution is 0.00562. The summed E-state index contributed by atoms with van der Waals surface area (Å²) in [7, 11) is 0. The summed E-state index contributed by atoms with van der Waals surface area (Å²) in [4.78, 5) is 2.17. The topological polar surface area (TPSA) is 43.7 Å². The van der Waals surface area contributed by atoms with Crippen LogP contribution in [-0.2, 0) is 6.42 Å². The zero-order chi connectivity index (χ0) is 12.5. The van der Waals surface area contributed by atoms with Gasteiger partial charge in [-0.2, -0.15) is 0 Å². The van der Waals surface area contributed by atoms with Crippen LogP contribution in [0.25, 0.3) is 0 Å². The van der Waals surface area contributed by atoms with Gasteiger partial charge in [-0.1, -0.05) is 24.3 Å². The molecule has 3 heteroatoms. The summed E-state index contributed by atoms with van der Waals surface area (Å²) in [6.45, 7) is 5.20. The minimum absolute atomic E-state index is 0.0198. The van der Waals surface area contributed by atoms with E-state index in [1.807, 2.05) is 26.0 Å². The third-order valence-corrected chi connectivity index (χ3v) is 3.29. The largest absolute Gasteiger partial charge is 0.394 e. The quantitative estimate of drug-likeness (QED) is 0.831. The van der Waals surface area contributed by atoms with Crippen molar-refractivity contribution in [3.8, 4) is 0 Å². The van der Waals surface area contributed by atoms with E-state index in [0.29, 0.717) is 6.54 Å². The zero-order valence-electron chi connectivity index (χ0n) is 10.6. The number of nitrogens with zero attached hydrogens (tertiary/aromatic N) is 1. The zero-order valence-corrected chi connectivity index (χ0v) is 10.6. The lowest BCUT2D eigenvalue weighted by atomic mass is 9.92. The highest BCUT2D eigenvalue weighted by molar-refractivity contribution is 5.32. The normalized spacial score (nSPS) is 21.3. The first-order valence-electron chi connectivity index (χ1n) is 6.16. The molecule has 0 saturated carbocycles. The number of hydrogen-bond donors (Lipinski definition) is 2. The van der Waals surface area contributed by atoms with Crippen molar-refractivity contribution < 1.29 is 10.2 Å². The molecule has 1 unspecified atom stereocenters. The van der Waals surface area contributed by atoms with E-state index in [2.05, 4.69) is 17.0 Å². The van der Waals surface area contributed by atoms with E-state index in [1.165, 1.54) is 11.1 Å². The van der Waals surface area contributed by atoms with Crippen molar-refractivity contribution in [3.63, 3.8) is 0 Å². The molecule has 0 saturated heterocycles. The molecule has 94 valence electrons. The Balaban J connectivity index is 2.23. The molecule has 1 aromatic rings. The Bertz CT molecular complexity index is 384. The molecule has 0 radical (unpaired) electrons. The number of hydrogen-bond acceptors (Lipinski definition) is 3. The molecule has 1 atom stereocenters. The molecule has 0 spiro atoms. The maximum atomic E-state index is 9.91. The molecule has 0 aromatic heterocycles. The van der Waals surface area contributed by atoms with Crippen molar-refractivity contribution in [2.45, 2.75) is 31.9 Å². The molecule has 2 N–H and O–H groups in total. The maximum absolute atomic E-state index is 9.91. The average molecular weight is 235 g/mol. The van der Waals surface area contributed by atoms with Gasteiger partial charge in [0.25, 0.3) is 0 Å². The van der Waals surface area contributed by atoms with Crippen LogP contribution in [-0.4, -0.2) is 40.4 Å². The maximum Gasteiger partial charge on any atom is 0.0718 e. The molecule has 1 aliphatic rings. The Kier molecular flexibility index (Phi) is 3.52. The summed E-state index contributed by atoms with van der Waals surface area (Å²) < 4.78 is 0. The molecular weight excluding hydrogens is 214 g/mol. The van der Waals surface area contributed by atoms with Crippen LogP contribution in [0, 0.1) is 0 Å². The van der Waals surface area contributed by atoms with Crippen LogP contribution in [0.2, 0.25) is 0 Å². The third-order valence-electron chi connectivity index (χ3n) is 3.29. The molecule has 0 aliphatic carbocycles. The number of rotatable bonds is 3. The molecule has 0 fully saturated rings. The minimum Gasteiger partial charge on any atom is -0.394 e. The minimum atomic E-state index is -0.723. The number of β-amino-alcohol motifs (C(OH)–C–C–N with tert-alkyl or cyclic N) is 1. The standard InChI is InChI=1S/C14H21NO2/c1-14(2,17)10-15-8-7-11-5-3-4-6-12(11)13(15)9-16/h3-6,13,16-17H,7-10H2,1-2H3. The summed E-state index contributed by atoms with van der Waals surface area (Å²) >= 11 is 0. The van der Waals surface area contributed by atoms with Gasteiger partial charge < -0.3 is 10.2 Å². The number of benzene rings is 1. The molecule has 3 nitrogen and oxygen atoms in total. The highest BCUT2D eigenvalue weighted by atomic mass is 16.3. The van der Waals surface area contributed by atoms with Crippen LogP contribution in [0.5, 0.6) is 0 Å². The second-order valence-electron chi connectivity index (χ2n) is 5.43. The van der Waals surface area contributed by atoms with Gasteiger partial charge >= 0.3 is 0 Å². The highest BCUT2D eigenvalue weighted by Crippen LogP contribution is 2.30. The number of fused-ring (bicyclic) bond motifs is 1. The Labute approximate surface area is 103 Å². The smallest absolute Gasteiger partial charge is 0.0718 e. The van der Waals surface area contributed by atoms with E-state index in [0.717, 1.165) is 13.0 Å². The van der Waals surface area contributed by atoms with Gasteiger partial charge in [-0.3, -0.25) is 4.90 Å². The summed E-state index contributed by atoms with van der Waals surface area (Å²) in [5, 5.41) is 19.5. The lowest BCUT2D eigenvalue weighted by Crippen LogP contribution is -2.45. The second-order valence-corrected chi connectivity index (χ2v) is 5.43. The lowest BCUT2D eigenvalue weighted by Gasteiger charge is -2.39. The number of aliphatic hydroxyl groups is 2. The van der Waals surface area contributed by atoms with E-state index in [4.69, 9.17) is 0 Å².